The lowest BCUT2D eigenvalue weighted by molar-refractivity contribution is -0.118. The van der Waals surface area contributed by atoms with Crippen molar-refractivity contribution in [3.05, 3.63) is 11.8 Å². The van der Waals surface area contributed by atoms with Crippen LogP contribution in [0.1, 0.15) is 50.1 Å². The van der Waals surface area contributed by atoms with Gasteiger partial charge in [0.05, 0.1) is 17.8 Å². The van der Waals surface area contributed by atoms with Gasteiger partial charge in [0.15, 0.2) is 0 Å². The first kappa shape index (κ1) is 18.2. The second kappa shape index (κ2) is 8.13. The molecule has 1 aromatic heterocycles. The Hall–Kier alpha value is -1.11. The average molecular weight is 343 g/mol. The summed E-state index contributed by atoms with van der Waals surface area (Å²) in [6.45, 7) is 0.729. The van der Waals surface area contributed by atoms with Crippen molar-refractivity contribution in [2.45, 2.75) is 56.6 Å². The Bertz CT molecular complexity index is 528. The third-order valence-electron chi connectivity index (χ3n) is 4.91. The van der Waals surface area contributed by atoms with Crippen LogP contribution in [0.3, 0.4) is 0 Å². The molecule has 2 N–H and O–H groups in total. The molecule has 7 heteroatoms. The summed E-state index contributed by atoms with van der Waals surface area (Å²) in [6.07, 6.45) is 7.17. The quantitative estimate of drug-likeness (QED) is 0.880. The molecule has 1 aliphatic heterocycles. The summed E-state index contributed by atoms with van der Waals surface area (Å²) in [4.78, 5) is 12.3. The summed E-state index contributed by atoms with van der Waals surface area (Å²) in [5.41, 5.74) is 1.12. The molecule has 1 amide bonds. The first-order valence-electron chi connectivity index (χ1n) is 8.28. The van der Waals surface area contributed by atoms with Gasteiger partial charge >= 0.3 is 0 Å². The lowest BCUT2D eigenvalue weighted by Gasteiger charge is -2.19. The molecule has 2 atom stereocenters. The molecule has 0 radical (unpaired) electrons. The highest BCUT2D eigenvalue weighted by atomic mass is 35.5. The number of carbonyl (C=O) groups excluding carboxylic acids is 1. The van der Waals surface area contributed by atoms with E-state index in [9.17, 15) is 4.79 Å². The number of methoxy groups -OCH3 is 1. The molecule has 1 aromatic rings. The van der Waals surface area contributed by atoms with Crippen LogP contribution in [0.25, 0.3) is 0 Å². The fourth-order valence-corrected chi connectivity index (χ4v) is 3.50. The van der Waals surface area contributed by atoms with E-state index in [4.69, 9.17) is 4.74 Å². The summed E-state index contributed by atoms with van der Waals surface area (Å²) in [5, 5.41) is 10.8. The van der Waals surface area contributed by atoms with E-state index in [1.165, 1.54) is 32.1 Å². The predicted octanol–water partition coefficient (Wildman–Crippen LogP) is 2.20. The smallest absolute Gasteiger partial charge is 0.242 e. The number of nitrogens with zero attached hydrogens (tertiary/aromatic N) is 2. The second-order valence-electron chi connectivity index (χ2n) is 6.46. The van der Waals surface area contributed by atoms with E-state index in [1.807, 2.05) is 13.1 Å². The van der Waals surface area contributed by atoms with Crippen LogP contribution in [0.4, 0.5) is 5.82 Å². The molecule has 3 rings (SSSR count). The maximum Gasteiger partial charge on any atom is 0.242 e. The van der Waals surface area contributed by atoms with Crippen LogP contribution < -0.4 is 10.6 Å². The van der Waals surface area contributed by atoms with Gasteiger partial charge in [-0.2, -0.15) is 5.10 Å². The van der Waals surface area contributed by atoms with Gasteiger partial charge in [0, 0.05) is 32.7 Å². The molecular formula is C16H27ClN4O2. The van der Waals surface area contributed by atoms with Crippen LogP contribution in [0, 0.1) is 0 Å². The summed E-state index contributed by atoms with van der Waals surface area (Å²) in [6, 6.07) is 1.86. The minimum atomic E-state index is -0.182. The van der Waals surface area contributed by atoms with Crippen molar-refractivity contribution in [2.75, 3.05) is 19.0 Å². The standard InChI is InChI=1S/C16H26N4O2.ClH/c1-20-15(9-13(19-20)11-6-4-3-5-7-11)18-16(21)14-8-12(22-2)10-17-14;/h9,11-12,14,17H,3-8,10H2,1-2H3,(H,18,21);1H/t12-,14-;/m0./s1. The molecule has 0 bridgehead atoms. The van der Waals surface area contributed by atoms with Gasteiger partial charge < -0.3 is 15.4 Å². The normalized spacial score (nSPS) is 25.1. The minimum absolute atomic E-state index is 0. The number of aryl methyl sites for hydroxylation is 1. The SMILES string of the molecule is CO[C@@H]1CN[C@H](C(=O)Nc2cc(C3CCCCC3)nn2C)C1.Cl. The van der Waals surface area contributed by atoms with Crippen molar-refractivity contribution >= 4 is 24.1 Å². The fourth-order valence-electron chi connectivity index (χ4n) is 3.50. The van der Waals surface area contributed by atoms with Crippen LogP contribution >= 0.6 is 12.4 Å². The Balaban J connectivity index is 0.00000192. The average Bonchev–Trinajstić information content (AvgIpc) is 3.15. The molecule has 0 unspecified atom stereocenters. The van der Waals surface area contributed by atoms with Gasteiger partial charge in [0.1, 0.15) is 5.82 Å². The molecule has 1 saturated carbocycles. The Labute approximate surface area is 143 Å². The largest absolute Gasteiger partial charge is 0.380 e. The maximum atomic E-state index is 12.3. The van der Waals surface area contributed by atoms with E-state index in [1.54, 1.807) is 11.8 Å². The second-order valence-corrected chi connectivity index (χ2v) is 6.46. The van der Waals surface area contributed by atoms with Crippen molar-refractivity contribution in [2.24, 2.45) is 7.05 Å². The number of amides is 1. The number of carbonyl (C=O) groups is 1. The van der Waals surface area contributed by atoms with Crippen molar-refractivity contribution in [1.29, 1.82) is 0 Å². The topological polar surface area (TPSA) is 68.2 Å². The molecular weight excluding hydrogens is 316 g/mol. The van der Waals surface area contributed by atoms with Crippen LogP contribution in [0.5, 0.6) is 0 Å². The number of aromatic nitrogens is 2. The first-order valence-corrected chi connectivity index (χ1v) is 8.28. The molecule has 2 aliphatic rings. The molecule has 0 spiro atoms. The highest BCUT2D eigenvalue weighted by molar-refractivity contribution is 5.94. The zero-order chi connectivity index (χ0) is 15.5. The van der Waals surface area contributed by atoms with Crippen LogP contribution in [-0.4, -0.2) is 41.5 Å². The molecule has 1 aliphatic carbocycles. The van der Waals surface area contributed by atoms with Gasteiger partial charge in [-0.15, -0.1) is 12.4 Å². The third kappa shape index (κ3) is 4.25. The summed E-state index contributed by atoms with van der Waals surface area (Å²) in [7, 11) is 3.58. The van der Waals surface area contributed by atoms with E-state index in [-0.39, 0.29) is 30.5 Å². The Kier molecular flexibility index (Phi) is 6.44. The Morgan fingerprint density at radius 3 is 2.78 bits per heavy atom. The predicted molar refractivity (Wildman–Crippen MR) is 92.1 cm³/mol. The van der Waals surface area contributed by atoms with E-state index >= 15 is 0 Å². The Morgan fingerprint density at radius 2 is 2.13 bits per heavy atom. The van der Waals surface area contributed by atoms with E-state index in [0.29, 0.717) is 5.92 Å². The van der Waals surface area contributed by atoms with Crippen molar-refractivity contribution in [3.63, 3.8) is 0 Å². The molecule has 2 heterocycles. The number of halogens is 1. The number of hydrogen-bond donors (Lipinski definition) is 2. The third-order valence-corrected chi connectivity index (χ3v) is 4.91. The van der Waals surface area contributed by atoms with Crippen LogP contribution in [-0.2, 0) is 16.6 Å². The zero-order valence-electron chi connectivity index (χ0n) is 13.9. The first-order chi connectivity index (χ1) is 10.7. The van der Waals surface area contributed by atoms with Gasteiger partial charge in [-0.05, 0) is 19.3 Å². The number of anilines is 1. The number of hydrogen-bond acceptors (Lipinski definition) is 4. The van der Waals surface area contributed by atoms with Crippen molar-refractivity contribution in [1.82, 2.24) is 15.1 Å². The molecule has 23 heavy (non-hydrogen) atoms. The summed E-state index contributed by atoms with van der Waals surface area (Å²) >= 11 is 0. The van der Waals surface area contributed by atoms with E-state index in [0.717, 1.165) is 24.5 Å². The zero-order valence-corrected chi connectivity index (χ0v) is 14.7. The van der Waals surface area contributed by atoms with Crippen molar-refractivity contribution in [3.8, 4) is 0 Å². The monoisotopic (exact) mass is 342 g/mol. The van der Waals surface area contributed by atoms with Gasteiger partial charge in [-0.3, -0.25) is 9.48 Å². The highest BCUT2D eigenvalue weighted by Crippen LogP contribution is 2.32. The lowest BCUT2D eigenvalue weighted by Crippen LogP contribution is -2.35. The maximum absolute atomic E-state index is 12.3. The van der Waals surface area contributed by atoms with Crippen LogP contribution in [0.15, 0.2) is 6.07 Å². The number of ether oxygens (including phenoxy) is 1. The summed E-state index contributed by atoms with van der Waals surface area (Å²) < 4.78 is 7.07. The van der Waals surface area contributed by atoms with Gasteiger partial charge in [-0.25, -0.2) is 0 Å². The Morgan fingerprint density at radius 1 is 1.39 bits per heavy atom. The minimum Gasteiger partial charge on any atom is -0.380 e. The molecule has 1 saturated heterocycles. The van der Waals surface area contributed by atoms with Crippen molar-refractivity contribution < 1.29 is 9.53 Å². The van der Waals surface area contributed by atoms with Gasteiger partial charge in [-0.1, -0.05) is 19.3 Å². The molecule has 130 valence electrons. The lowest BCUT2D eigenvalue weighted by atomic mass is 9.87. The van der Waals surface area contributed by atoms with E-state index in [2.05, 4.69) is 15.7 Å². The van der Waals surface area contributed by atoms with Gasteiger partial charge in [0.25, 0.3) is 0 Å². The fraction of sp³-hybridized carbons (Fsp3) is 0.750. The summed E-state index contributed by atoms with van der Waals surface area (Å²) in [5.74, 6) is 1.33. The van der Waals surface area contributed by atoms with Gasteiger partial charge in [0.2, 0.25) is 5.91 Å². The van der Waals surface area contributed by atoms with E-state index < -0.39 is 0 Å². The van der Waals surface area contributed by atoms with Crippen LogP contribution in [0.2, 0.25) is 0 Å². The number of rotatable bonds is 4. The highest BCUT2D eigenvalue weighted by Gasteiger charge is 2.30. The number of nitrogens with one attached hydrogen (secondary N) is 2. The molecule has 6 nitrogen and oxygen atoms in total. The molecule has 2 fully saturated rings. The molecule has 0 aromatic carbocycles.